The van der Waals surface area contributed by atoms with Gasteiger partial charge in [0.2, 0.25) is 0 Å². The van der Waals surface area contributed by atoms with Crippen molar-refractivity contribution in [3.8, 4) is 0 Å². The Morgan fingerprint density at radius 2 is 1.58 bits per heavy atom. The number of hydrogen-bond donors (Lipinski definition) is 0. The quantitative estimate of drug-likeness (QED) is 0.696. The van der Waals surface area contributed by atoms with Gasteiger partial charge in [-0.15, -0.1) is 0 Å². The zero-order chi connectivity index (χ0) is 14.0. The van der Waals surface area contributed by atoms with Crippen LogP contribution in [0.15, 0.2) is 36.4 Å². The highest BCUT2D eigenvalue weighted by atomic mass is 35.5. The van der Waals surface area contributed by atoms with Crippen LogP contribution < -0.4 is 0 Å². The summed E-state index contributed by atoms with van der Waals surface area (Å²) < 4.78 is 38.6. The monoisotopic (exact) mass is 303 g/mol. The maximum absolute atomic E-state index is 12.9. The van der Waals surface area contributed by atoms with E-state index >= 15 is 0 Å². The van der Waals surface area contributed by atoms with Crippen LogP contribution in [0.2, 0.25) is 10.0 Å². The first-order valence-corrected chi connectivity index (χ1v) is 6.14. The average molecular weight is 304 g/mol. The first-order valence-electron chi connectivity index (χ1n) is 5.38. The number of rotatable bonds is 2. The summed E-state index contributed by atoms with van der Waals surface area (Å²) in [6.45, 7) is 0. The molecule has 0 nitrogen and oxygen atoms in total. The van der Waals surface area contributed by atoms with Crippen molar-refractivity contribution in [1.82, 2.24) is 0 Å². The van der Waals surface area contributed by atoms with Crippen molar-refractivity contribution < 1.29 is 13.2 Å². The largest absolute Gasteiger partial charge is 0.416 e. The van der Waals surface area contributed by atoms with E-state index in [0.717, 1.165) is 6.07 Å². The van der Waals surface area contributed by atoms with Gasteiger partial charge in [-0.2, -0.15) is 13.2 Å². The minimum absolute atomic E-state index is 0.115. The molecule has 19 heavy (non-hydrogen) atoms. The Kier molecular flexibility index (Phi) is 4.07. The Hall–Kier alpha value is -1.19. The second-order valence-electron chi connectivity index (χ2n) is 4.02. The predicted molar refractivity (Wildman–Crippen MR) is 69.5 cm³/mol. The summed E-state index contributed by atoms with van der Waals surface area (Å²) in [5.74, 6) is 0. The standard InChI is InChI=1S/C14H8Cl2F3/c15-11-6-9(7-12(16)8-11)5-10-3-1-2-4-13(10)14(17,18)19/h1-4,6-7H,5H2. The lowest BCUT2D eigenvalue weighted by molar-refractivity contribution is -0.138. The van der Waals surface area contributed by atoms with Crippen LogP contribution in [-0.2, 0) is 12.6 Å². The van der Waals surface area contributed by atoms with Crippen LogP contribution in [-0.4, -0.2) is 0 Å². The third kappa shape index (κ3) is 3.64. The van der Waals surface area contributed by atoms with Gasteiger partial charge in [0.25, 0.3) is 0 Å². The SMILES string of the molecule is FC(F)(F)c1ccccc1Cc1cc(Cl)[c]c(Cl)c1. The molecule has 0 amide bonds. The van der Waals surface area contributed by atoms with Crippen molar-refractivity contribution in [1.29, 1.82) is 0 Å². The summed E-state index contributed by atoms with van der Waals surface area (Å²) >= 11 is 11.6. The van der Waals surface area contributed by atoms with Gasteiger partial charge in [-0.3, -0.25) is 0 Å². The van der Waals surface area contributed by atoms with Gasteiger partial charge in [-0.05, 0) is 35.7 Å². The lowest BCUT2D eigenvalue weighted by Gasteiger charge is -2.12. The van der Waals surface area contributed by atoms with Crippen molar-refractivity contribution >= 4 is 23.2 Å². The number of halogens is 5. The molecule has 0 heterocycles. The second-order valence-corrected chi connectivity index (χ2v) is 4.83. The molecule has 0 fully saturated rings. The molecular weight excluding hydrogens is 296 g/mol. The normalized spacial score (nSPS) is 11.6. The minimum Gasteiger partial charge on any atom is -0.166 e. The fourth-order valence-electron chi connectivity index (χ4n) is 1.83. The van der Waals surface area contributed by atoms with E-state index in [1.54, 1.807) is 18.2 Å². The van der Waals surface area contributed by atoms with Gasteiger partial charge in [0.15, 0.2) is 0 Å². The molecule has 0 aliphatic rings. The molecule has 0 spiro atoms. The maximum atomic E-state index is 12.9. The average Bonchev–Trinajstić information content (AvgIpc) is 2.26. The molecule has 0 N–H and O–H groups in total. The molecule has 5 heteroatoms. The summed E-state index contributed by atoms with van der Waals surface area (Å²) in [6, 6.07) is 11.2. The molecule has 0 saturated carbocycles. The van der Waals surface area contributed by atoms with Gasteiger partial charge >= 0.3 is 6.18 Å². The molecule has 1 radical (unpaired) electrons. The Labute approximate surface area is 118 Å². The number of hydrogen-bond acceptors (Lipinski definition) is 0. The second kappa shape index (κ2) is 5.43. The van der Waals surface area contributed by atoms with Crippen LogP contribution in [0.4, 0.5) is 13.2 Å². The molecular formula is C14H8Cl2F3. The van der Waals surface area contributed by atoms with Crippen molar-refractivity contribution in [2.45, 2.75) is 12.6 Å². The highest BCUT2D eigenvalue weighted by Crippen LogP contribution is 2.33. The van der Waals surface area contributed by atoms with E-state index in [-0.39, 0.29) is 22.0 Å². The summed E-state index contributed by atoms with van der Waals surface area (Å²) in [6.07, 6.45) is -4.26. The molecule has 0 atom stereocenters. The molecule has 2 aromatic carbocycles. The molecule has 2 rings (SSSR count). The van der Waals surface area contributed by atoms with E-state index in [9.17, 15) is 13.2 Å². The van der Waals surface area contributed by atoms with Crippen molar-refractivity contribution in [3.63, 3.8) is 0 Å². The van der Waals surface area contributed by atoms with Crippen LogP contribution in [0.3, 0.4) is 0 Å². The Morgan fingerprint density at radius 1 is 1.00 bits per heavy atom. The highest BCUT2D eigenvalue weighted by molar-refractivity contribution is 6.34. The number of benzene rings is 2. The van der Waals surface area contributed by atoms with Gasteiger partial charge < -0.3 is 0 Å². The third-order valence-electron chi connectivity index (χ3n) is 2.58. The lowest BCUT2D eigenvalue weighted by Crippen LogP contribution is -2.09. The van der Waals surface area contributed by atoms with Crippen LogP contribution in [0.25, 0.3) is 0 Å². The molecule has 0 saturated heterocycles. The van der Waals surface area contributed by atoms with Gasteiger partial charge in [0.1, 0.15) is 0 Å². The van der Waals surface area contributed by atoms with E-state index in [0.29, 0.717) is 5.56 Å². The fraction of sp³-hybridized carbons (Fsp3) is 0.143. The molecule has 0 bridgehead atoms. The van der Waals surface area contributed by atoms with E-state index < -0.39 is 11.7 Å². The van der Waals surface area contributed by atoms with E-state index in [4.69, 9.17) is 23.2 Å². The Morgan fingerprint density at radius 3 is 2.16 bits per heavy atom. The molecule has 0 unspecified atom stereocenters. The first-order chi connectivity index (χ1) is 8.86. The predicted octanol–water partition coefficient (Wildman–Crippen LogP) is 5.40. The zero-order valence-corrected chi connectivity index (χ0v) is 11.1. The maximum Gasteiger partial charge on any atom is 0.416 e. The van der Waals surface area contributed by atoms with Crippen LogP contribution >= 0.6 is 23.2 Å². The fourth-order valence-corrected chi connectivity index (χ4v) is 2.36. The van der Waals surface area contributed by atoms with Gasteiger partial charge in [-0.25, -0.2) is 0 Å². The Bertz CT molecular complexity index is 571. The van der Waals surface area contributed by atoms with E-state index in [2.05, 4.69) is 6.07 Å². The minimum atomic E-state index is -4.37. The van der Waals surface area contributed by atoms with Gasteiger partial charge in [-0.1, -0.05) is 41.4 Å². The third-order valence-corrected chi connectivity index (χ3v) is 2.99. The summed E-state index contributed by atoms with van der Waals surface area (Å²) in [7, 11) is 0. The first kappa shape index (κ1) is 14.2. The van der Waals surface area contributed by atoms with Crippen LogP contribution in [0.1, 0.15) is 16.7 Å². The topological polar surface area (TPSA) is 0 Å². The molecule has 2 aromatic rings. The van der Waals surface area contributed by atoms with E-state index in [1.807, 2.05) is 0 Å². The summed E-state index contributed by atoms with van der Waals surface area (Å²) in [4.78, 5) is 0. The molecule has 0 aliphatic heterocycles. The van der Waals surface area contributed by atoms with Crippen LogP contribution in [0.5, 0.6) is 0 Å². The highest BCUT2D eigenvalue weighted by Gasteiger charge is 2.32. The van der Waals surface area contributed by atoms with Crippen molar-refractivity contribution in [2.24, 2.45) is 0 Å². The molecule has 99 valence electrons. The van der Waals surface area contributed by atoms with Crippen molar-refractivity contribution in [3.05, 3.63) is 69.2 Å². The lowest BCUT2D eigenvalue weighted by atomic mass is 9.99. The van der Waals surface area contributed by atoms with E-state index in [1.165, 1.54) is 12.1 Å². The smallest absolute Gasteiger partial charge is 0.166 e. The van der Waals surface area contributed by atoms with Crippen LogP contribution in [0, 0.1) is 6.07 Å². The molecule has 0 aliphatic carbocycles. The number of alkyl halides is 3. The Balaban J connectivity index is 2.38. The molecule has 0 aromatic heterocycles. The van der Waals surface area contributed by atoms with Gasteiger partial charge in [0, 0.05) is 6.07 Å². The van der Waals surface area contributed by atoms with Crippen molar-refractivity contribution in [2.75, 3.05) is 0 Å². The summed E-state index contributed by atoms with van der Waals surface area (Å²) in [5.41, 5.74) is 0.161. The summed E-state index contributed by atoms with van der Waals surface area (Å²) in [5, 5.41) is 0.568. The van der Waals surface area contributed by atoms with Gasteiger partial charge in [0.05, 0.1) is 15.6 Å². The zero-order valence-electron chi connectivity index (χ0n) is 9.56.